The third kappa shape index (κ3) is 3.89. The van der Waals surface area contributed by atoms with Crippen molar-refractivity contribution in [3.05, 3.63) is 29.3 Å². The number of ether oxygens (including phenoxy) is 2. The number of carbonyl (C=O) groups is 1. The number of carbonyl (C=O) groups excluding carboxylic acids is 1. The average molecular weight is 358 g/mol. The molecule has 1 aromatic rings. The van der Waals surface area contributed by atoms with Gasteiger partial charge in [-0.25, -0.2) is 0 Å². The molecule has 0 bridgehead atoms. The van der Waals surface area contributed by atoms with Gasteiger partial charge in [0.25, 0.3) is 0 Å². The second kappa shape index (κ2) is 7.57. The van der Waals surface area contributed by atoms with Crippen molar-refractivity contribution in [1.29, 1.82) is 0 Å². The molecule has 26 heavy (non-hydrogen) atoms. The highest BCUT2D eigenvalue weighted by Gasteiger charge is 2.32. The highest BCUT2D eigenvalue weighted by molar-refractivity contribution is 5.79. The van der Waals surface area contributed by atoms with Gasteiger partial charge >= 0.3 is 0 Å². The third-order valence-corrected chi connectivity index (χ3v) is 5.77. The predicted molar refractivity (Wildman–Crippen MR) is 101 cm³/mol. The summed E-state index contributed by atoms with van der Waals surface area (Å²) in [7, 11) is 0. The van der Waals surface area contributed by atoms with Crippen LogP contribution in [-0.2, 0) is 22.4 Å². The Kier molecular flexibility index (Phi) is 5.18. The van der Waals surface area contributed by atoms with Crippen LogP contribution >= 0.6 is 0 Å². The first-order chi connectivity index (χ1) is 12.6. The molecular formula is C21H30N2O3. The summed E-state index contributed by atoms with van der Waals surface area (Å²) in [5.41, 5.74) is 2.35. The molecule has 5 heteroatoms. The normalized spacial score (nSPS) is 28.8. The molecular weight excluding hydrogens is 328 g/mol. The van der Waals surface area contributed by atoms with E-state index in [2.05, 4.69) is 29.7 Å². The van der Waals surface area contributed by atoms with E-state index in [1.807, 2.05) is 12.1 Å². The van der Waals surface area contributed by atoms with Gasteiger partial charge in [0.2, 0.25) is 5.91 Å². The van der Waals surface area contributed by atoms with Crippen molar-refractivity contribution < 1.29 is 14.3 Å². The number of morpholine rings is 1. The van der Waals surface area contributed by atoms with Crippen molar-refractivity contribution in [2.24, 2.45) is 0 Å². The number of amides is 1. The molecule has 0 N–H and O–H groups in total. The van der Waals surface area contributed by atoms with Gasteiger partial charge in [0.05, 0.1) is 25.2 Å². The highest BCUT2D eigenvalue weighted by atomic mass is 16.5. The van der Waals surface area contributed by atoms with Crippen LogP contribution in [0.15, 0.2) is 18.2 Å². The van der Waals surface area contributed by atoms with E-state index in [9.17, 15) is 4.79 Å². The van der Waals surface area contributed by atoms with Crippen LogP contribution in [0.3, 0.4) is 0 Å². The van der Waals surface area contributed by atoms with Crippen molar-refractivity contribution in [2.75, 3.05) is 32.8 Å². The second-order valence-corrected chi connectivity index (χ2v) is 8.08. The lowest BCUT2D eigenvalue weighted by molar-refractivity contribution is -0.132. The standard InChI is InChI=1S/C21H30N2O3/c1-15-12-22(13-16(2)26-15)14-19-4-3-8-23(19)21(24)11-17-5-6-20-18(10-17)7-9-25-20/h5-6,10,15-16,19H,3-4,7-9,11-14H2,1-2H3/t15-,16+,19-/m0/s1. The van der Waals surface area contributed by atoms with Crippen LogP contribution in [0.25, 0.3) is 0 Å². The summed E-state index contributed by atoms with van der Waals surface area (Å²) in [6.07, 6.45) is 4.24. The molecule has 1 aromatic carbocycles. The fraction of sp³-hybridized carbons (Fsp3) is 0.667. The minimum absolute atomic E-state index is 0.265. The lowest BCUT2D eigenvalue weighted by atomic mass is 10.1. The van der Waals surface area contributed by atoms with Gasteiger partial charge in [-0.2, -0.15) is 0 Å². The molecule has 5 nitrogen and oxygen atoms in total. The number of likely N-dealkylation sites (tertiary alicyclic amines) is 1. The molecule has 3 aliphatic rings. The minimum atomic E-state index is 0.265. The fourth-order valence-corrected chi connectivity index (χ4v) is 4.71. The summed E-state index contributed by atoms with van der Waals surface area (Å²) >= 11 is 0. The van der Waals surface area contributed by atoms with Gasteiger partial charge < -0.3 is 14.4 Å². The monoisotopic (exact) mass is 358 g/mol. The quantitative estimate of drug-likeness (QED) is 0.828. The molecule has 142 valence electrons. The maximum atomic E-state index is 12.9. The smallest absolute Gasteiger partial charge is 0.227 e. The fourth-order valence-electron chi connectivity index (χ4n) is 4.71. The van der Waals surface area contributed by atoms with Crippen LogP contribution in [0, 0.1) is 0 Å². The van der Waals surface area contributed by atoms with Gasteiger partial charge in [-0.05, 0) is 43.9 Å². The van der Waals surface area contributed by atoms with Crippen molar-refractivity contribution in [3.8, 4) is 5.75 Å². The zero-order valence-corrected chi connectivity index (χ0v) is 15.9. The van der Waals surface area contributed by atoms with E-state index in [0.717, 1.165) is 63.4 Å². The van der Waals surface area contributed by atoms with E-state index in [1.165, 1.54) is 5.56 Å². The summed E-state index contributed by atoms with van der Waals surface area (Å²) < 4.78 is 11.4. The highest BCUT2D eigenvalue weighted by Crippen LogP contribution is 2.27. The summed E-state index contributed by atoms with van der Waals surface area (Å²) in [5, 5.41) is 0. The maximum Gasteiger partial charge on any atom is 0.227 e. The Morgan fingerprint density at radius 3 is 2.85 bits per heavy atom. The van der Waals surface area contributed by atoms with Gasteiger partial charge in [-0.15, -0.1) is 0 Å². The van der Waals surface area contributed by atoms with E-state index in [0.29, 0.717) is 12.5 Å². The Labute approximate surface area is 156 Å². The van der Waals surface area contributed by atoms with Crippen LogP contribution in [-0.4, -0.2) is 66.7 Å². The number of fused-ring (bicyclic) bond motifs is 1. The molecule has 3 aliphatic heterocycles. The molecule has 2 fully saturated rings. The van der Waals surface area contributed by atoms with Gasteiger partial charge in [0.15, 0.2) is 0 Å². The predicted octanol–water partition coefficient (Wildman–Crippen LogP) is 2.26. The molecule has 0 saturated carbocycles. The van der Waals surface area contributed by atoms with Crippen LogP contribution in [0.1, 0.15) is 37.8 Å². The van der Waals surface area contributed by atoms with E-state index < -0.39 is 0 Å². The first kappa shape index (κ1) is 17.8. The van der Waals surface area contributed by atoms with Crippen molar-refractivity contribution in [2.45, 2.75) is 57.8 Å². The maximum absolute atomic E-state index is 12.9. The molecule has 4 rings (SSSR count). The lowest BCUT2D eigenvalue weighted by Gasteiger charge is -2.38. The Balaban J connectivity index is 1.37. The number of hydrogen-bond donors (Lipinski definition) is 0. The Morgan fingerprint density at radius 2 is 2.04 bits per heavy atom. The summed E-state index contributed by atoms with van der Waals surface area (Å²) in [4.78, 5) is 17.5. The average Bonchev–Trinajstić information content (AvgIpc) is 3.22. The molecule has 3 atom stereocenters. The van der Waals surface area contributed by atoms with Crippen molar-refractivity contribution >= 4 is 5.91 Å². The number of rotatable bonds is 4. The molecule has 0 radical (unpaired) electrons. The zero-order chi connectivity index (χ0) is 18.1. The molecule has 0 unspecified atom stereocenters. The van der Waals surface area contributed by atoms with E-state index in [1.54, 1.807) is 0 Å². The van der Waals surface area contributed by atoms with Crippen LogP contribution in [0.5, 0.6) is 5.75 Å². The van der Waals surface area contributed by atoms with Gasteiger partial charge in [-0.3, -0.25) is 9.69 Å². The molecule has 1 amide bonds. The van der Waals surface area contributed by atoms with Crippen LogP contribution in [0.2, 0.25) is 0 Å². The van der Waals surface area contributed by atoms with Crippen molar-refractivity contribution in [3.63, 3.8) is 0 Å². The molecule has 0 aliphatic carbocycles. The molecule has 0 spiro atoms. The number of hydrogen-bond acceptors (Lipinski definition) is 4. The Hall–Kier alpha value is -1.59. The topological polar surface area (TPSA) is 42.0 Å². The molecule has 3 heterocycles. The third-order valence-electron chi connectivity index (χ3n) is 5.77. The van der Waals surface area contributed by atoms with Crippen LogP contribution < -0.4 is 4.74 Å². The summed E-state index contributed by atoms with van der Waals surface area (Å²) in [5.74, 6) is 1.25. The van der Waals surface area contributed by atoms with Gasteiger partial charge in [0.1, 0.15) is 5.75 Å². The van der Waals surface area contributed by atoms with Crippen molar-refractivity contribution in [1.82, 2.24) is 9.80 Å². The van der Waals surface area contributed by atoms with E-state index in [4.69, 9.17) is 9.47 Å². The number of nitrogens with zero attached hydrogens (tertiary/aromatic N) is 2. The van der Waals surface area contributed by atoms with Crippen LogP contribution in [0.4, 0.5) is 0 Å². The first-order valence-electron chi connectivity index (χ1n) is 10.0. The largest absolute Gasteiger partial charge is 0.493 e. The minimum Gasteiger partial charge on any atom is -0.493 e. The second-order valence-electron chi connectivity index (χ2n) is 8.08. The number of benzene rings is 1. The summed E-state index contributed by atoms with van der Waals surface area (Å²) in [6.45, 7) is 8.84. The van der Waals surface area contributed by atoms with Gasteiger partial charge in [0, 0.05) is 38.6 Å². The van der Waals surface area contributed by atoms with E-state index >= 15 is 0 Å². The van der Waals surface area contributed by atoms with Gasteiger partial charge in [-0.1, -0.05) is 12.1 Å². The zero-order valence-electron chi connectivity index (χ0n) is 15.9. The lowest BCUT2D eigenvalue weighted by Crippen LogP contribution is -2.51. The molecule has 0 aromatic heterocycles. The van der Waals surface area contributed by atoms with E-state index in [-0.39, 0.29) is 18.1 Å². The Bertz CT molecular complexity index is 653. The summed E-state index contributed by atoms with van der Waals surface area (Å²) in [6, 6.07) is 6.55. The molecule has 2 saturated heterocycles. The first-order valence-corrected chi connectivity index (χ1v) is 10.0. The SMILES string of the molecule is C[C@@H]1CN(C[C@@H]2CCCN2C(=O)Cc2ccc3c(c2)CCO3)C[C@H](C)O1. The Morgan fingerprint density at radius 1 is 1.23 bits per heavy atom.